The lowest BCUT2D eigenvalue weighted by Crippen LogP contribution is -2.28. The van der Waals surface area contributed by atoms with E-state index in [1.54, 1.807) is 0 Å². The highest BCUT2D eigenvalue weighted by Gasteiger charge is 2.30. The van der Waals surface area contributed by atoms with Crippen LogP contribution in [0.1, 0.15) is 23.2 Å². The van der Waals surface area contributed by atoms with E-state index in [2.05, 4.69) is 9.46 Å². The van der Waals surface area contributed by atoms with E-state index < -0.39 is 16.0 Å². The Balaban J connectivity index is 1.87. The fourth-order valence-corrected chi connectivity index (χ4v) is 3.98. The van der Waals surface area contributed by atoms with Crippen molar-refractivity contribution in [2.24, 2.45) is 0 Å². The Morgan fingerprint density at radius 1 is 1.07 bits per heavy atom. The van der Waals surface area contributed by atoms with Gasteiger partial charge in [0.25, 0.3) is 10.0 Å². The van der Waals surface area contributed by atoms with Gasteiger partial charge >= 0.3 is 5.97 Å². The Morgan fingerprint density at radius 3 is 2.25 bits per heavy atom. The molecular weight excluding hydrogens is 408 g/mol. The fourth-order valence-electron chi connectivity index (χ4n) is 2.69. The molecular formula is C18H15ClN2O6S. The molecule has 0 saturated carbocycles. The average Bonchev–Trinajstić information content (AvgIpc) is 3.01. The maximum absolute atomic E-state index is 12.6. The summed E-state index contributed by atoms with van der Waals surface area (Å²) in [5.41, 5.74) is 0.446. The maximum atomic E-state index is 12.6. The number of ether oxygens (including phenoxy) is 1. The van der Waals surface area contributed by atoms with Gasteiger partial charge in [-0.15, -0.1) is 0 Å². The van der Waals surface area contributed by atoms with Crippen LogP contribution < -0.4 is 9.62 Å². The first kappa shape index (κ1) is 19.8. The highest BCUT2D eigenvalue weighted by molar-refractivity contribution is 7.92. The van der Waals surface area contributed by atoms with Crippen molar-refractivity contribution >= 4 is 50.8 Å². The Labute approximate surface area is 166 Å². The molecule has 2 aromatic rings. The molecule has 1 aliphatic rings. The number of methoxy groups -OCH3 is 1. The van der Waals surface area contributed by atoms with Gasteiger partial charge in [0.15, 0.2) is 0 Å². The number of nitrogens with zero attached hydrogens (tertiary/aromatic N) is 1. The van der Waals surface area contributed by atoms with Crippen molar-refractivity contribution in [3.8, 4) is 0 Å². The molecule has 0 aliphatic carbocycles. The van der Waals surface area contributed by atoms with E-state index in [0.29, 0.717) is 5.69 Å². The number of anilines is 2. The molecule has 0 aromatic heterocycles. The van der Waals surface area contributed by atoms with Gasteiger partial charge in [-0.05, 0) is 42.5 Å². The van der Waals surface area contributed by atoms with Crippen LogP contribution in [0.25, 0.3) is 0 Å². The minimum atomic E-state index is -4.03. The van der Waals surface area contributed by atoms with E-state index in [0.717, 1.165) is 4.90 Å². The molecule has 1 N–H and O–H groups in total. The predicted molar refractivity (Wildman–Crippen MR) is 102 cm³/mol. The lowest BCUT2D eigenvalue weighted by atomic mass is 10.2. The first-order chi connectivity index (χ1) is 13.2. The number of benzene rings is 2. The first-order valence-corrected chi connectivity index (χ1v) is 9.95. The van der Waals surface area contributed by atoms with Gasteiger partial charge in [0.05, 0.1) is 34.0 Å². The molecule has 0 unspecified atom stereocenters. The van der Waals surface area contributed by atoms with Crippen molar-refractivity contribution in [1.82, 2.24) is 0 Å². The Morgan fingerprint density at radius 2 is 1.68 bits per heavy atom. The summed E-state index contributed by atoms with van der Waals surface area (Å²) in [4.78, 5) is 36.1. The lowest BCUT2D eigenvalue weighted by molar-refractivity contribution is -0.121. The number of imide groups is 1. The summed E-state index contributed by atoms with van der Waals surface area (Å²) in [6.07, 6.45) is 0.269. The third-order valence-corrected chi connectivity index (χ3v) is 5.80. The molecule has 2 amide bonds. The van der Waals surface area contributed by atoms with E-state index in [9.17, 15) is 22.8 Å². The van der Waals surface area contributed by atoms with Crippen LogP contribution in [0.5, 0.6) is 0 Å². The molecule has 10 heteroatoms. The Hall–Kier alpha value is -2.91. The predicted octanol–water partition coefficient (Wildman–Crippen LogP) is 2.58. The molecule has 2 aromatic carbocycles. The third-order valence-electron chi connectivity index (χ3n) is 4.09. The van der Waals surface area contributed by atoms with Crippen LogP contribution in [0, 0.1) is 0 Å². The van der Waals surface area contributed by atoms with Gasteiger partial charge in [-0.1, -0.05) is 11.6 Å². The Kier molecular flexibility index (Phi) is 5.39. The van der Waals surface area contributed by atoms with Gasteiger partial charge in [0.1, 0.15) is 0 Å². The van der Waals surface area contributed by atoms with Crippen LogP contribution in [-0.4, -0.2) is 33.3 Å². The van der Waals surface area contributed by atoms with Gasteiger partial charge in [0, 0.05) is 12.8 Å². The number of carbonyl (C=O) groups excluding carboxylic acids is 3. The van der Waals surface area contributed by atoms with Gasteiger partial charge in [-0.25, -0.2) is 13.2 Å². The van der Waals surface area contributed by atoms with Crippen LogP contribution >= 0.6 is 11.6 Å². The molecule has 146 valence electrons. The van der Waals surface area contributed by atoms with E-state index in [4.69, 9.17) is 11.6 Å². The highest BCUT2D eigenvalue weighted by Crippen LogP contribution is 2.28. The topological polar surface area (TPSA) is 110 Å². The summed E-state index contributed by atoms with van der Waals surface area (Å²) >= 11 is 6.02. The molecule has 0 bridgehead atoms. The number of esters is 1. The van der Waals surface area contributed by atoms with Crippen molar-refractivity contribution in [2.45, 2.75) is 17.7 Å². The standard InChI is InChI=1S/C18H15ClN2O6S/c1-27-18(24)11-2-7-14(19)15(10-11)20-28(25,26)13-5-3-12(4-6-13)21-16(22)8-9-17(21)23/h2-7,10,20H,8-9H2,1H3. The van der Waals surface area contributed by atoms with Gasteiger partial charge in [0.2, 0.25) is 11.8 Å². The molecule has 0 spiro atoms. The Bertz CT molecular complexity index is 1050. The summed E-state index contributed by atoms with van der Waals surface area (Å²) in [5.74, 6) is -1.29. The SMILES string of the molecule is COC(=O)c1ccc(Cl)c(NS(=O)(=O)c2ccc(N3C(=O)CCC3=O)cc2)c1. The molecule has 1 aliphatic heterocycles. The zero-order valence-corrected chi connectivity index (χ0v) is 16.2. The van der Waals surface area contributed by atoms with Crippen LogP contribution in [0.15, 0.2) is 47.4 Å². The normalized spacial score (nSPS) is 14.3. The quantitative estimate of drug-likeness (QED) is 0.585. The van der Waals surface area contributed by atoms with Crippen molar-refractivity contribution in [3.05, 3.63) is 53.1 Å². The second-order valence-electron chi connectivity index (χ2n) is 5.91. The van der Waals surface area contributed by atoms with Crippen LogP contribution in [0.3, 0.4) is 0 Å². The summed E-state index contributed by atoms with van der Waals surface area (Å²) in [6, 6.07) is 9.35. The minimum absolute atomic E-state index is 0.0125. The number of nitrogens with one attached hydrogen (secondary N) is 1. The number of hydrogen-bond acceptors (Lipinski definition) is 6. The number of halogens is 1. The lowest BCUT2D eigenvalue weighted by Gasteiger charge is -2.15. The van der Waals surface area contributed by atoms with Crippen molar-refractivity contribution in [1.29, 1.82) is 0 Å². The van der Waals surface area contributed by atoms with Crippen molar-refractivity contribution in [3.63, 3.8) is 0 Å². The second kappa shape index (κ2) is 7.61. The zero-order valence-electron chi connectivity index (χ0n) is 14.6. The van der Waals surface area contributed by atoms with E-state index >= 15 is 0 Å². The number of rotatable bonds is 5. The maximum Gasteiger partial charge on any atom is 0.337 e. The second-order valence-corrected chi connectivity index (χ2v) is 8.00. The number of carbonyl (C=O) groups is 3. The zero-order chi connectivity index (χ0) is 20.5. The smallest absolute Gasteiger partial charge is 0.337 e. The van der Waals surface area contributed by atoms with Gasteiger partial charge < -0.3 is 4.74 Å². The summed E-state index contributed by atoms with van der Waals surface area (Å²) < 4.78 is 32.2. The molecule has 0 atom stereocenters. The van der Waals surface area contributed by atoms with E-state index in [1.165, 1.54) is 49.6 Å². The molecule has 1 heterocycles. The fraction of sp³-hybridized carbons (Fsp3) is 0.167. The summed E-state index contributed by atoms with van der Waals surface area (Å²) in [7, 11) is -2.82. The summed E-state index contributed by atoms with van der Waals surface area (Å²) in [5, 5.41) is 0.0982. The van der Waals surface area contributed by atoms with Gasteiger partial charge in [-0.3, -0.25) is 19.2 Å². The molecule has 1 fully saturated rings. The van der Waals surface area contributed by atoms with E-state index in [-0.39, 0.29) is 45.8 Å². The largest absolute Gasteiger partial charge is 0.465 e. The number of hydrogen-bond donors (Lipinski definition) is 1. The molecule has 28 heavy (non-hydrogen) atoms. The average molecular weight is 423 g/mol. The first-order valence-electron chi connectivity index (χ1n) is 8.09. The molecule has 1 saturated heterocycles. The van der Waals surface area contributed by atoms with Gasteiger partial charge in [-0.2, -0.15) is 0 Å². The molecule has 0 radical (unpaired) electrons. The number of sulfonamides is 1. The molecule has 3 rings (SSSR count). The highest BCUT2D eigenvalue weighted by atomic mass is 35.5. The van der Waals surface area contributed by atoms with Crippen LogP contribution in [-0.2, 0) is 24.3 Å². The minimum Gasteiger partial charge on any atom is -0.465 e. The van der Waals surface area contributed by atoms with Crippen molar-refractivity contribution < 1.29 is 27.5 Å². The third kappa shape index (κ3) is 3.85. The monoisotopic (exact) mass is 422 g/mol. The van der Waals surface area contributed by atoms with E-state index in [1.807, 2.05) is 0 Å². The van der Waals surface area contributed by atoms with Crippen LogP contribution in [0.2, 0.25) is 5.02 Å². The summed E-state index contributed by atoms with van der Waals surface area (Å²) in [6.45, 7) is 0. The van der Waals surface area contributed by atoms with Crippen LogP contribution in [0.4, 0.5) is 11.4 Å². The number of amides is 2. The van der Waals surface area contributed by atoms with Crippen molar-refractivity contribution in [2.75, 3.05) is 16.7 Å². The molecule has 8 nitrogen and oxygen atoms in total.